The molecule has 0 radical (unpaired) electrons. The van der Waals surface area contributed by atoms with Crippen LogP contribution >= 0.6 is 11.6 Å². The Morgan fingerprint density at radius 3 is 2.57 bits per heavy atom. The average Bonchev–Trinajstić information content (AvgIpc) is 2.21. The van der Waals surface area contributed by atoms with Gasteiger partial charge >= 0.3 is 0 Å². The first-order chi connectivity index (χ1) is 6.77. The highest BCUT2D eigenvalue weighted by Crippen LogP contribution is 2.16. The summed E-state index contributed by atoms with van der Waals surface area (Å²) in [6.45, 7) is 6.03. The molecule has 0 atom stereocenters. The van der Waals surface area contributed by atoms with Gasteiger partial charge in [0.05, 0.1) is 0 Å². The van der Waals surface area contributed by atoms with Crippen molar-refractivity contribution in [2.75, 3.05) is 0 Å². The van der Waals surface area contributed by atoms with Gasteiger partial charge in [-0.05, 0) is 30.7 Å². The Hall–Kier alpha value is -1.15. The van der Waals surface area contributed by atoms with E-state index < -0.39 is 0 Å². The maximum Gasteiger partial charge on any atom is 0.161 e. The lowest BCUT2D eigenvalue weighted by Gasteiger charge is -1.98. The summed E-state index contributed by atoms with van der Waals surface area (Å²) in [5.74, 6) is 0. The van der Waals surface area contributed by atoms with Gasteiger partial charge in [0.2, 0.25) is 0 Å². The first-order valence-electron chi connectivity index (χ1n) is 4.65. The lowest BCUT2D eigenvalue weighted by atomic mass is 10.2. The van der Waals surface area contributed by atoms with Gasteiger partial charge in [0.1, 0.15) is 5.15 Å². The summed E-state index contributed by atoms with van der Waals surface area (Å²) < 4.78 is 0. The van der Waals surface area contributed by atoms with Gasteiger partial charge in [-0.3, -0.25) is 0 Å². The Bertz CT molecular complexity index is 427. The molecule has 0 aliphatic heterocycles. The number of pyridine rings is 2. The van der Waals surface area contributed by atoms with Crippen LogP contribution in [-0.4, -0.2) is 9.97 Å². The fraction of sp³-hybridized carbons (Fsp3) is 0.273. The number of fused-ring (bicyclic) bond motifs is 1. The van der Waals surface area contributed by atoms with Crippen LogP contribution in [0.4, 0.5) is 0 Å². The van der Waals surface area contributed by atoms with Crippen molar-refractivity contribution in [2.45, 2.75) is 20.8 Å². The van der Waals surface area contributed by atoms with E-state index in [9.17, 15) is 0 Å². The van der Waals surface area contributed by atoms with Gasteiger partial charge in [-0.1, -0.05) is 25.4 Å². The maximum atomic E-state index is 5.72. The standard InChI is InChI=1S/C9H7ClN2.C2H6/c1-6-4-5-11-9-7(6)2-3-8(10)12-9;1-2/h2-5H,1H3;1-2H3. The molecule has 0 saturated carbocycles. The van der Waals surface area contributed by atoms with E-state index in [1.54, 1.807) is 12.3 Å². The van der Waals surface area contributed by atoms with Gasteiger partial charge in [-0.2, -0.15) is 0 Å². The highest BCUT2D eigenvalue weighted by atomic mass is 35.5. The van der Waals surface area contributed by atoms with Crippen molar-refractivity contribution >= 4 is 22.6 Å². The van der Waals surface area contributed by atoms with E-state index >= 15 is 0 Å². The Kier molecular flexibility index (Phi) is 3.84. The number of nitrogens with zero attached hydrogens (tertiary/aromatic N) is 2. The van der Waals surface area contributed by atoms with Crippen molar-refractivity contribution < 1.29 is 0 Å². The van der Waals surface area contributed by atoms with Crippen LogP contribution in [0.1, 0.15) is 19.4 Å². The second-order valence-electron chi connectivity index (χ2n) is 2.63. The summed E-state index contributed by atoms with van der Waals surface area (Å²) in [5.41, 5.74) is 1.88. The first kappa shape index (κ1) is 10.9. The zero-order valence-electron chi connectivity index (χ0n) is 8.58. The molecular formula is C11H13ClN2. The van der Waals surface area contributed by atoms with Gasteiger partial charge in [0, 0.05) is 11.6 Å². The van der Waals surface area contributed by atoms with Crippen molar-refractivity contribution in [2.24, 2.45) is 0 Å². The molecular weight excluding hydrogens is 196 g/mol. The number of rotatable bonds is 0. The summed E-state index contributed by atoms with van der Waals surface area (Å²) in [6, 6.07) is 5.67. The molecule has 0 aliphatic carbocycles. The number of hydrogen-bond donors (Lipinski definition) is 0. The average molecular weight is 209 g/mol. The lowest BCUT2D eigenvalue weighted by Crippen LogP contribution is -1.85. The van der Waals surface area contributed by atoms with E-state index in [0.29, 0.717) is 10.8 Å². The van der Waals surface area contributed by atoms with Crippen molar-refractivity contribution in [1.29, 1.82) is 0 Å². The molecule has 3 heteroatoms. The van der Waals surface area contributed by atoms with E-state index in [1.165, 1.54) is 5.56 Å². The maximum absolute atomic E-state index is 5.72. The van der Waals surface area contributed by atoms with Crippen LogP contribution in [0.5, 0.6) is 0 Å². The van der Waals surface area contributed by atoms with Crippen LogP contribution in [0.25, 0.3) is 11.0 Å². The van der Waals surface area contributed by atoms with Gasteiger partial charge in [0.25, 0.3) is 0 Å². The largest absolute Gasteiger partial charge is 0.237 e. The molecule has 2 rings (SSSR count). The summed E-state index contributed by atoms with van der Waals surface area (Å²) in [4.78, 5) is 8.20. The Morgan fingerprint density at radius 1 is 1.14 bits per heavy atom. The number of aromatic nitrogens is 2. The highest BCUT2D eigenvalue weighted by molar-refractivity contribution is 6.29. The van der Waals surface area contributed by atoms with Crippen LogP contribution in [0, 0.1) is 6.92 Å². The van der Waals surface area contributed by atoms with Crippen molar-refractivity contribution in [3.8, 4) is 0 Å². The van der Waals surface area contributed by atoms with Crippen LogP contribution in [0.2, 0.25) is 5.15 Å². The van der Waals surface area contributed by atoms with E-state index in [4.69, 9.17) is 11.6 Å². The molecule has 2 aromatic rings. The number of halogens is 1. The second-order valence-corrected chi connectivity index (χ2v) is 3.02. The lowest BCUT2D eigenvalue weighted by molar-refractivity contribution is 1.27. The Balaban J connectivity index is 0.000000461. The third kappa shape index (κ3) is 2.20. The van der Waals surface area contributed by atoms with E-state index in [0.717, 1.165) is 5.39 Å². The Labute approximate surface area is 89.0 Å². The van der Waals surface area contributed by atoms with Crippen molar-refractivity contribution in [1.82, 2.24) is 9.97 Å². The molecule has 0 unspecified atom stereocenters. The molecule has 0 fully saturated rings. The zero-order chi connectivity index (χ0) is 10.6. The number of aryl methyl sites for hydroxylation is 1. The SMILES string of the molecule is CC.Cc1ccnc2nc(Cl)ccc12. The van der Waals surface area contributed by atoms with Crippen molar-refractivity contribution in [3.63, 3.8) is 0 Å². The fourth-order valence-electron chi connectivity index (χ4n) is 1.14. The van der Waals surface area contributed by atoms with Gasteiger partial charge in [-0.25, -0.2) is 9.97 Å². The van der Waals surface area contributed by atoms with Crippen LogP contribution < -0.4 is 0 Å². The molecule has 0 spiro atoms. The van der Waals surface area contributed by atoms with Crippen molar-refractivity contribution in [3.05, 3.63) is 35.1 Å². The third-order valence-electron chi connectivity index (χ3n) is 1.79. The molecule has 0 bridgehead atoms. The molecule has 14 heavy (non-hydrogen) atoms. The summed E-state index contributed by atoms with van der Waals surface area (Å²) >= 11 is 5.72. The fourth-order valence-corrected chi connectivity index (χ4v) is 1.28. The van der Waals surface area contributed by atoms with Crippen LogP contribution in [-0.2, 0) is 0 Å². The molecule has 0 amide bonds. The van der Waals surface area contributed by atoms with Crippen LogP contribution in [0.3, 0.4) is 0 Å². The summed E-state index contributed by atoms with van der Waals surface area (Å²) in [7, 11) is 0. The molecule has 0 aromatic carbocycles. The van der Waals surface area contributed by atoms with Crippen LogP contribution in [0.15, 0.2) is 24.4 Å². The predicted molar refractivity (Wildman–Crippen MR) is 60.6 cm³/mol. The van der Waals surface area contributed by atoms with E-state index in [-0.39, 0.29) is 0 Å². The minimum absolute atomic E-state index is 0.487. The first-order valence-corrected chi connectivity index (χ1v) is 5.03. The summed E-state index contributed by atoms with van der Waals surface area (Å²) in [5, 5.41) is 1.54. The molecule has 2 nitrogen and oxygen atoms in total. The highest BCUT2D eigenvalue weighted by Gasteiger charge is 1.98. The van der Waals surface area contributed by atoms with Gasteiger partial charge in [-0.15, -0.1) is 0 Å². The molecule has 2 aromatic heterocycles. The Morgan fingerprint density at radius 2 is 1.86 bits per heavy atom. The molecule has 0 N–H and O–H groups in total. The summed E-state index contributed by atoms with van der Waals surface area (Å²) in [6.07, 6.45) is 1.74. The molecule has 0 aliphatic rings. The zero-order valence-corrected chi connectivity index (χ0v) is 9.34. The molecule has 74 valence electrons. The topological polar surface area (TPSA) is 25.8 Å². The molecule has 0 saturated heterocycles. The number of hydrogen-bond acceptors (Lipinski definition) is 2. The normalized spacial score (nSPS) is 9.43. The quantitative estimate of drug-likeness (QED) is 0.618. The smallest absolute Gasteiger partial charge is 0.161 e. The molecule has 2 heterocycles. The second kappa shape index (κ2) is 4.91. The predicted octanol–water partition coefficient (Wildman–Crippen LogP) is 3.62. The van der Waals surface area contributed by atoms with E-state index in [2.05, 4.69) is 9.97 Å². The minimum atomic E-state index is 0.487. The van der Waals surface area contributed by atoms with Gasteiger partial charge < -0.3 is 0 Å². The van der Waals surface area contributed by atoms with E-state index in [1.807, 2.05) is 32.9 Å². The third-order valence-corrected chi connectivity index (χ3v) is 2.00. The monoisotopic (exact) mass is 208 g/mol. The minimum Gasteiger partial charge on any atom is -0.237 e. The van der Waals surface area contributed by atoms with Gasteiger partial charge in [0.15, 0.2) is 5.65 Å².